The number of rotatable bonds is 4. The van der Waals surface area contributed by atoms with Crippen LogP contribution in [0.15, 0.2) is 43.0 Å². The van der Waals surface area contributed by atoms with Gasteiger partial charge in [0.15, 0.2) is 0 Å². The zero-order valence-electron chi connectivity index (χ0n) is 19.5. The summed E-state index contributed by atoms with van der Waals surface area (Å²) in [5.41, 5.74) is -1.74. The molecule has 0 N–H and O–H groups in total. The maximum atomic E-state index is 13.2. The number of ether oxygens (including phenoxy) is 1. The van der Waals surface area contributed by atoms with Gasteiger partial charge in [-0.05, 0) is 49.9 Å². The highest BCUT2D eigenvalue weighted by Gasteiger charge is 2.43. The molecule has 0 atom stereocenters. The Labute approximate surface area is 211 Å². The van der Waals surface area contributed by atoms with E-state index in [1.165, 1.54) is 12.4 Å². The summed E-state index contributed by atoms with van der Waals surface area (Å²) in [5.74, 6) is -0.542. The molecule has 1 saturated heterocycles. The smallest absolute Gasteiger partial charge is 0.417 e. The van der Waals surface area contributed by atoms with Crippen LogP contribution in [0.25, 0.3) is 10.9 Å². The molecular weight excluding hydrogens is 520 g/mol. The Kier molecular flexibility index (Phi) is 6.35. The minimum atomic E-state index is -4.66. The van der Waals surface area contributed by atoms with E-state index in [-0.39, 0.29) is 22.5 Å². The Morgan fingerprint density at radius 3 is 2.26 bits per heavy atom. The first kappa shape index (κ1) is 25.7. The molecule has 2 aromatic heterocycles. The molecule has 14 heteroatoms. The van der Waals surface area contributed by atoms with Crippen molar-refractivity contribution in [2.24, 2.45) is 0 Å². The van der Waals surface area contributed by atoms with Gasteiger partial charge in [-0.3, -0.25) is 19.6 Å². The molecule has 0 spiro atoms. The molecular formula is C24H19F6N5O3. The molecule has 1 saturated carbocycles. The third-order valence-corrected chi connectivity index (χ3v) is 6.58. The number of benzene rings is 1. The molecule has 38 heavy (non-hydrogen) atoms. The second kappa shape index (κ2) is 9.40. The highest BCUT2D eigenvalue weighted by Crippen LogP contribution is 2.36. The third kappa shape index (κ3) is 4.94. The van der Waals surface area contributed by atoms with E-state index in [9.17, 15) is 35.9 Å². The van der Waals surface area contributed by atoms with Crippen molar-refractivity contribution in [3.05, 3.63) is 54.1 Å². The van der Waals surface area contributed by atoms with Crippen LogP contribution in [-0.4, -0.2) is 50.5 Å². The van der Waals surface area contributed by atoms with Gasteiger partial charge < -0.3 is 4.74 Å². The molecule has 2 fully saturated rings. The van der Waals surface area contributed by atoms with Crippen molar-refractivity contribution >= 4 is 28.5 Å². The van der Waals surface area contributed by atoms with Crippen LogP contribution in [0.3, 0.4) is 0 Å². The van der Waals surface area contributed by atoms with Gasteiger partial charge in [0, 0.05) is 12.2 Å². The largest absolute Gasteiger partial charge is 0.474 e. The number of carbonyl (C=O) groups is 2. The maximum Gasteiger partial charge on any atom is 0.417 e. The molecule has 1 aliphatic carbocycles. The molecule has 1 aromatic carbocycles. The van der Waals surface area contributed by atoms with Crippen LogP contribution in [-0.2, 0) is 17.1 Å². The fraction of sp³-hybridized carbons (Fsp3) is 0.375. The lowest BCUT2D eigenvalue weighted by molar-refractivity contribution is -0.138. The predicted octanol–water partition coefficient (Wildman–Crippen LogP) is 5.22. The van der Waals surface area contributed by atoms with E-state index >= 15 is 0 Å². The van der Waals surface area contributed by atoms with Gasteiger partial charge in [-0.15, -0.1) is 0 Å². The lowest BCUT2D eigenvalue weighted by Crippen LogP contribution is -2.44. The van der Waals surface area contributed by atoms with Gasteiger partial charge in [-0.2, -0.15) is 26.3 Å². The van der Waals surface area contributed by atoms with E-state index in [0.29, 0.717) is 31.9 Å². The number of imide groups is 1. The predicted molar refractivity (Wildman–Crippen MR) is 120 cm³/mol. The molecule has 3 aromatic rings. The Morgan fingerprint density at radius 1 is 0.868 bits per heavy atom. The van der Waals surface area contributed by atoms with Crippen molar-refractivity contribution < 1.29 is 40.7 Å². The summed E-state index contributed by atoms with van der Waals surface area (Å²) in [5, 5.41) is 0.111. The number of pyridine rings is 1. The number of urea groups is 1. The first-order chi connectivity index (χ1) is 17.9. The van der Waals surface area contributed by atoms with E-state index < -0.39 is 54.1 Å². The quantitative estimate of drug-likeness (QED) is 0.334. The molecule has 1 aliphatic heterocycles. The number of hydrogen-bond donors (Lipinski definition) is 0. The third-order valence-electron chi connectivity index (χ3n) is 6.58. The van der Waals surface area contributed by atoms with Crippen molar-refractivity contribution in [2.45, 2.75) is 50.2 Å². The highest BCUT2D eigenvalue weighted by molar-refractivity contribution is 6.12. The summed E-state index contributed by atoms with van der Waals surface area (Å²) in [6, 6.07) is 2.62. The summed E-state index contributed by atoms with van der Waals surface area (Å²) < 4.78 is 84.6. The number of nitrogens with zero attached hydrogens (tertiary/aromatic N) is 5. The van der Waals surface area contributed by atoms with Gasteiger partial charge >= 0.3 is 18.4 Å². The molecule has 3 amide bonds. The lowest BCUT2D eigenvalue weighted by Gasteiger charge is -2.33. The summed E-state index contributed by atoms with van der Waals surface area (Å²) in [6.07, 6.45) is -5.30. The van der Waals surface area contributed by atoms with Crippen LogP contribution < -0.4 is 9.64 Å². The first-order valence-corrected chi connectivity index (χ1v) is 11.6. The number of aromatic nitrogens is 3. The van der Waals surface area contributed by atoms with Gasteiger partial charge in [0.1, 0.15) is 19.0 Å². The van der Waals surface area contributed by atoms with Gasteiger partial charge in [-0.25, -0.2) is 14.8 Å². The second-order valence-corrected chi connectivity index (χ2v) is 9.02. The van der Waals surface area contributed by atoms with Crippen LogP contribution in [0.5, 0.6) is 5.88 Å². The lowest BCUT2D eigenvalue weighted by atomic mass is 9.92. The van der Waals surface area contributed by atoms with Crippen LogP contribution in [0.2, 0.25) is 0 Å². The Hall–Kier alpha value is -3.97. The normalized spacial score (nSPS) is 20.9. The molecule has 5 rings (SSSR count). The summed E-state index contributed by atoms with van der Waals surface area (Å²) in [6.45, 7) is -0.410. The summed E-state index contributed by atoms with van der Waals surface area (Å²) in [7, 11) is 0. The number of carbonyl (C=O) groups excluding carboxylic acids is 2. The minimum absolute atomic E-state index is 0.00102. The van der Waals surface area contributed by atoms with Crippen LogP contribution >= 0.6 is 0 Å². The Balaban J connectivity index is 1.27. The van der Waals surface area contributed by atoms with Gasteiger partial charge in [0.05, 0.1) is 33.9 Å². The standard InChI is InChI=1S/C24H19F6N5O3/c25-23(26,27)13-1-6-19-18(8-13)21(33-12-32-19)38-17-4-2-15(3-5-17)35-20(36)11-34(22(35)37)16-7-14(9-31-10-16)24(28,29)30/h1,6-10,12,15,17H,2-5,11H2/t15-,17-. The minimum Gasteiger partial charge on any atom is -0.474 e. The first-order valence-electron chi connectivity index (χ1n) is 11.6. The van der Waals surface area contributed by atoms with Crippen molar-refractivity contribution in [3.63, 3.8) is 0 Å². The van der Waals surface area contributed by atoms with E-state index in [1.807, 2.05) is 0 Å². The Morgan fingerprint density at radius 2 is 1.58 bits per heavy atom. The van der Waals surface area contributed by atoms with Crippen molar-refractivity contribution in [2.75, 3.05) is 11.4 Å². The van der Waals surface area contributed by atoms with Crippen molar-refractivity contribution in [1.29, 1.82) is 0 Å². The topological polar surface area (TPSA) is 88.5 Å². The van der Waals surface area contributed by atoms with Crippen molar-refractivity contribution in [1.82, 2.24) is 19.9 Å². The number of anilines is 1. The molecule has 0 unspecified atom stereocenters. The fourth-order valence-corrected chi connectivity index (χ4v) is 4.69. The molecule has 0 bridgehead atoms. The number of alkyl halides is 6. The monoisotopic (exact) mass is 539 g/mol. The van der Waals surface area contributed by atoms with E-state index in [4.69, 9.17) is 4.74 Å². The van der Waals surface area contributed by atoms with E-state index in [0.717, 1.165) is 34.2 Å². The van der Waals surface area contributed by atoms with Crippen LogP contribution in [0, 0.1) is 0 Å². The van der Waals surface area contributed by atoms with Crippen LogP contribution in [0.4, 0.5) is 36.8 Å². The number of halogens is 6. The van der Waals surface area contributed by atoms with Gasteiger partial charge in [-0.1, -0.05) is 0 Å². The molecule has 200 valence electrons. The zero-order valence-corrected chi connectivity index (χ0v) is 19.5. The fourth-order valence-electron chi connectivity index (χ4n) is 4.69. The van der Waals surface area contributed by atoms with E-state index in [2.05, 4.69) is 15.0 Å². The Bertz CT molecular complexity index is 1390. The summed E-state index contributed by atoms with van der Waals surface area (Å²) in [4.78, 5) is 39.2. The summed E-state index contributed by atoms with van der Waals surface area (Å²) >= 11 is 0. The average molecular weight is 539 g/mol. The number of amides is 3. The molecule has 8 nitrogen and oxygen atoms in total. The van der Waals surface area contributed by atoms with E-state index in [1.54, 1.807) is 0 Å². The average Bonchev–Trinajstić information content (AvgIpc) is 3.17. The zero-order chi connectivity index (χ0) is 27.2. The maximum absolute atomic E-state index is 13.2. The SMILES string of the molecule is O=C1CN(c2cncc(C(F)(F)F)c2)C(=O)N1[C@H]1CC[C@H](Oc2ncnc3ccc(C(F)(F)F)cc23)CC1. The second-order valence-electron chi connectivity index (χ2n) is 9.02. The van der Waals surface area contributed by atoms with Gasteiger partial charge in [0.2, 0.25) is 5.88 Å². The molecule has 2 aliphatic rings. The molecule has 0 radical (unpaired) electrons. The molecule has 3 heterocycles. The number of hydrogen-bond acceptors (Lipinski definition) is 6. The number of fused-ring (bicyclic) bond motifs is 1. The van der Waals surface area contributed by atoms with Crippen molar-refractivity contribution in [3.8, 4) is 5.88 Å². The van der Waals surface area contributed by atoms with Gasteiger partial charge in [0.25, 0.3) is 5.91 Å². The van der Waals surface area contributed by atoms with Crippen LogP contribution in [0.1, 0.15) is 36.8 Å². The highest BCUT2D eigenvalue weighted by atomic mass is 19.4.